The number of nitrogens with one attached hydrogen (secondary N) is 1. The molecule has 1 aromatic carbocycles. The van der Waals surface area contributed by atoms with Gasteiger partial charge >= 0.3 is 0 Å². The summed E-state index contributed by atoms with van der Waals surface area (Å²) in [5.74, 6) is -0.267. The number of rotatable bonds is 4. The number of amides is 1. The predicted octanol–water partition coefficient (Wildman–Crippen LogP) is 1.15. The largest absolute Gasteiger partial charge is 0.325 e. The van der Waals surface area contributed by atoms with Gasteiger partial charge in [-0.3, -0.25) is 4.79 Å². The second-order valence-electron chi connectivity index (χ2n) is 3.27. The molecule has 0 saturated heterocycles. The van der Waals surface area contributed by atoms with Gasteiger partial charge in [0.1, 0.15) is 0 Å². The van der Waals surface area contributed by atoms with E-state index >= 15 is 0 Å². The van der Waals surface area contributed by atoms with Crippen LogP contribution in [0.4, 0.5) is 0 Å². The molecule has 0 atom stereocenters. The Balaban J connectivity index is 2.49. The van der Waals surface area contributed by atoms with Gasteiger partial charge in [-0.1, -0.05) is 30.3 Å². The molecule has 84 valence electrons. The zero-order valence-electron chi connectivity index (χ0n) is 9.18. The van der Waals surface area contributed by atoms with Gasteiger partial charge in [-0.25, -0.2) is 5.43 Å². The van der Waals surface area contributed by atoms with E-state index in [1.807, 2.05) is 30.3 Å². The van der Waals surface area contributed by atoms with Gasteiger partial charge < -0.3 is 5.73 Å². The Labute approximate surface area is 94.8 Å². The van der Waals surface area contributed by atoms with E-state index in [1.165, 1.54) is 6.08 Å². The van der Waals surface area contributed by atoms with Gasteiger partial charge in [0.05, 0.1) is 0 Å². The molecule has 0 fully saturated rings. The van der Waals surface area contributed by atoms with Gasteiger partial charge in [-0.15, -0.1) is 0 Å². The summed E-state index contributed by atoms with van der Waals surface area (Å²) in [5.41, 5.74) is 9.36. The van der Waals surface area contributed by atoms with Gasteiger partial charge in [-0.2, -0.15) is 5.10 Å². The van der Waals surface area contributed by atoms with Gasteiger partial charge in [0.2, 0.25) is 0 Å². The van der Waals surface area contributed by atoms with E-state index in [0.29, 0.717) is 12.3 Å². The summed E-state index contributed by atoms with van der Waals surface area (Å²) in [4.78, 5) is 11.3. The highest BCUT2D eigenvalue weighted by Gasteiger charge is 1.92. The first-order valence-corrected chi connectivity index (χ1v) is 4.98. The number of hydrogen-bond donors (Lipinski definition) is 2. The highest BCUT2D eigenvalue weighted by Crippen LogP contribution is 2.00. The maximum atomic E-state index is 11.3. The number of hydrogen-bond acceptors (Lipinski definition) is 3. The summed E-state index contributed by atoms with van der Waals surface area (Å²) in [6.07, 6.45) is 3.16. The predicted molar refractivity (Wildman–Crippen MR) is 65.8 cm³/mol. The van der Waals surface area contributed by atoms with Crippen LogP contribution in [0.5, 0.6) is 0 Å². The molecule has 0 aliphatic heterocycles. The van der Waals surface area contributed by atoms with Crippen molar-refractivity contribution < 1.29 is 4.79 Å². The number of benzene rings is 1. The first-order chi connectivity index (χ1) is 7.72. The molecule has 4 heteroatoms. The van der Waals surface area contributed by atoms with Crippen molar-refractivity contribution in [2.24, 2.45) is 10.8 Å². The van der Waals surface area contributed by atoms with Crippen molar-refractivity contribution in [3.8, 4) is 0 Å². The van der Waals surface area contributed by atoms with Crippen molar-refractivity contribution in [1.82, 2.24) is 5.43 Å². The van der Waals surface area contributed by atoms with Crippen molar-refractivity contribution in [1.29, 1.82) is 0 Å². The number of nitrogens with zero attached hydrogens (tertiary/aromatic N) is 1. The third kappa shape index (κ3) is 4.52. The normalized spacial score (nSPS) is 11.8. The van der Waals surface area contributed by atoms with Crippen LogP contribution in [-0.4, -0.2) is 18.2 Å². The summed E-state index contributed by atoms with van der Waals surface area (Å²) < 4.78 is 0. The van der Waals surface area contributed by atoms with Crippen LogP contribution in [0.1, 0.15) is 12.5 Å². The Bertz CT molecular complexity index is 396. The van der Waals surface area contributed by atoms with E-state index in [9.17, 15) is 4.79 Å². The fraction of sp³-hybridized carbons (Fsp3) is 0.167. The highest BCUT2D eigenvalue weighted by atomic mass is 16.2. The Morgan fingerprint density at radius 2 is 2.12 bits per heavy atom. The van der Waals surface area contributed by atoms with Crippen molar-refractivity contribution in [3.05, 3.63) is 42.0 Å². The van der Waals surface area contributed by atoms with E-state index in [0.717, 1.165) is 5.56 Å². The molecule has 16 heavy (non-hydrogen) atoms. The Morgan fingerprint density at radius 3 is 2.75 bits per heavy atom. The van der Waals surface area contributed by atoms with Gasteiger partial charge in [0.15, 0.2) is 0 Å². The highest BCUT2D eigenvalue weighted by molar-refractivity contribution is 5.93. The smallest absolute Gasteiger partial charge is 0.264 e. The van der Waals surface area contributed by atoms with Crippen molar-refractivity contribution >= 4 is 17.7 Å². The summed E-state index contributed by atoms with van der Waals surface area (Å²) in [5, 5.41) is 3.80. The fourth-order valence-corrected chi connectivity index (χ4v) is 0.970. The van der Waals surface area contributed by atoms with E-state index in [1.54, 1.807) is 13.0 Å². The van der Waals surface area contributed by atoms with Crippen LogP contribution in [0.25, 0.3) is 6.08 Å². The zero-order chi connectivity index (χ0) is 11.8. The molecule has 3 N–H and O–H groups in total. The first-order valence-electron chi connectivity index (χ1n) is 4.98. The molecule has 0 radical (unpaired) electrons. The van der Waals surface area contributed by atoms with E-state index < -0.39 is 0 Å². The second kappa shape index (κ2) is 6.53. The minimum Gasteiger partial charge on any atom is -0.325 e. The average molecular weight is 217 g/mol. The summed E-state index contributed by atoms with van der Waals surface area (Å²) in [6.45, 7) is 2.09. The lowest BCUT2D eigenvalue weighted by molar-refractivity contribution is -0.116. The monoisotopic (exact) mass is 217 g/mol. The minimum absolute atomic E-state index is 0.267. The molecule has 4 nitrogen and oxygen atoms in total. The van der Waals surface area contributed by atoms with Crippen LogP contribution in [0.2, 0.25) is 0 Å². The molecule has 1 amide bonds. The van der Waals surface area contributed by atoms with Crippen LogP contribution in [0.3, 0.4) is 0 Å². The average Bonchev–Trinajstić information content (AvgIpc) is 2.34. The summed E-state index contributed by atoms with van der Waals surface area (Å²) >= 11 is 0. The molecular weight excluding hydrogens is 202 g/mol. The number of carbonyl (C=O) groups is 1. The molecular formula is C12H15N3O. The lowest BCUT2D eigenvalue weighted by Gasteiger charge is -1.96. The van der Waals surface area contributed by atoms with Crippen LogP contribution >= 0.6 is 0 Å². The van der Waals surface area contributed by atoms with E-state index in [4.69, 9.17) is 5.73 Å². The lowest BCUT2D eigenvalue weighted by atomic mass is 10.2. The molecule has 0 unspecified atom stereocenters. The van der Waals surface area contributed by atoms with Gasteiger partial charge in [-0.05, 0) is 18.6 Å². The third-order valence-corrected chi connectivity index (χ3v) is 1.88. The van der Waals surface area contributed by atoms with Crippen LogP contribution in [0, 0.1) is 0 Å². The molecule has 0 aromatic heterocycles. The molecule has 0 saturated carbocycles. The Morgan fingerprint density at radius 1 is 1.44 bits per heavy atom. The molecule has 0 spiro atoms. The zero-order valence-corrected chi connectivity index (χ0v) is 9.18. The summed E-state index contributed by atoms with van der Waals surface area (Å²) in [7, 11) is 0. The first kappa shape index (κ1) is 12.1. The molecule has 1 rings (SSSR count). The van der Waals surface area contributed by atoms with Crippen molar-refractivity contribution in [2.45, 2.75) is 6.92 Å². The Kier molecular flexibility index (Phi) is 4.95. The van der Waals surface area contributed by atoms with E-state index in [-0.39, 0.29) is 5.91 Å². The maximum absolute atomic E-state index is 11.3. The van der Waals surface area contributed by atoms with Gasteiger partial charge in [0.25, 0.3) is 5.91 Å². The number of carbonyl (C=O) groups excluding carboxylic acids is 1. The Hall–Kier alpha value is -1.94. The van der Waals surface area contributed by atoms with E-state index in [2.05, 4.69) is 10.5 Å². The number of hydrazone groups is 1. The maximum Gasteiger partial charge on any atom is 0.264 e. The fourth-order valence-electron chi connectivity index (χ4n) is 0.970. The van der Waals surface area contributed by atoms with Crippen LogP contribution < -0.4 is 11.2 Å². The quantitative estimate of drug-likeness (QED) is 0.451. The summed E-state index contributed by atoms with van der Waals surface area (Å²) in [6, 6.07) is 9.57. The number of nitrogens with two attached hydrogens (primary N) is 1. The lowest BCUT2D eigenvalue weighted by Crippen LogP contribution is -2.19. The van der Waals surface area contributed by atoms with Crippen molar-refractivity contribution in [3.63, 3.8) is 0 Å². The molecule has 0 heterocycles. The topological polar surface area (TPSA) is 67.5 Å². The standard InChI is InChI=1S/C12H15N3O/c1-10(9-13)14-15-12(16)8-7-11-5-3-2-4-6-11/h2-8H,9,13H2,1H3,(H,15,16)/b8-7+,14-10+. The SMILES string of the molecule is C/C(CN)=N\NC(=O)/C=C/c1ccccc1. The third-order valence-electron chi connectivity index (χ3n) is 1.88. The second-order valence-corrected chi connectivity index (χ2v) is 3.27. The molecule has 0 aliphatic carbocycles. The minimum atomic E-state index is -0.267. The van der Waals surface area contributed by atoms with Crippen molar-refractivity contribution in [2.75, 3.05) is 6.54 Å². The van der Waals surface area contributed by atoms with Gasteiger partial charge in [0, 0.05) is 18.3 Å². The van der Waals surface area contributed by atoms with Crippen LogP contribution in [0.15, 0.2) is 41.5 Å². The molecule has 0 bridgehead atoms. The molecule has 1 aromatic rings. The van der Waals surface area contributed by atoms with Crippen LogP contribution in [-0.2, 0) is 4.79 Å². The molecule has 0 aliphatic rings.